The van der Waals surface area contributed by atoms with Gasteiger partial charge >= 0.3 is 5.97 Å². The first-order chi connectivity index (χ1) is 10.7. The van der Waals surface area contributed by atoms with Crippen molar-refractivity contribution in [3.63, 3.8) is 0 Å². The van der Waals surface area contributed by atoms with Crippen LogP contribution in [0.2, 0.25) is 0 Å². The SMILES string of the molecule is Cn1nc(C(=O)O)cc1-c1ccc(C2(CS(C)(=O)=O)CC2)cc1. The van der Waals surface area contributed by atoms with E-state index in [1.54, 1.807) is 7.05 Å². The molecule has 0 radical (unpaired) electrons. The first-order valence-electron chi connectivity index (χ1n) is 7.26. The van der Waals surface area contributed by atoms with E-state index in [1.165, 1.54) is 17.0 Å². The van der Waals surface area contributed by atoms with Gasteiger partial charge in [0.25, 0.3) is 0 Å². The predicted octanol–water partition coefficient (Wildman–Crippen LogP) is 1.86. The normalized spacial score (nSPS) is 16.3. The van der Waals surface area contributed by atoms with Crippen molar-refractivity contribution >= 4 is 15.8 Å². The molecule has 1 aliphatic rings. The van der Waals surface area contributed by atoms with Gasteiger partial charge in [-0.25, -0.2) is 13.2 Å². The molecule has 7 heteroatoms. The topological polar surface area (TPSA) is 89.3 Å². The summed E-state index contributed by atoms with van der Waals surface area (Å²) in [6.07, 6.45) is 3.03. The zero-order valence-electron chi connectivity index (χ0n) is 13.0. The minimum atomic E-state index is -3.02. The standard InChI is InChI=1S/C16H18N2O4S/c1-18-14(9-13(17-18)15(19)20)11-3-5-12(6-4-11)16(7-8-16)10-23(2,21)22/h3-6,9H,7-8,10H2,1-2H3,(H,19,20). The van der Waals surface area contributed by atoms with E-state index in [0.29, 0.717) is 5.69 Å². The molecule has 0 saturated heterocycles. The van der Waals surface area contributed by atoms with E-state index in [4.69, 9.17) is 5.11 Å². The van der Waals surface area contributed by atoms with Crippen molar-refractivity contribution in [3.05, 3.63) is 41.6 Å². The lowest BCUT2D eigenvalue weighted by molar-refractivity contribution is 0.0689. The zero-order chi connectivity index (χ0) is 16.8. The molecule has 0 atom stereocenters. The number of carboxylic acid groups (broad SMARTS) is 1. The van der Waals surface area contributed by atoms with Crippen molar-refractivity contribution in [2.45, 2.75) is 18.3 Å². The largest absolute Gasteiger partial charge is 0.476 e. The Morgan fingerprint density at radius 2 is 1.91 bits per heavy atom. The fourth-order valence-corrected chi connectivity index (χ4v) is 4.46. The summed E-state index contributed by atoms with van der Waals surface area (Å²) in [4.78, 5) is 11.0. The summed E-state index contributed by atoms with van der Waals surface area (Å²) in [7, 11) is -1.33. The summed E-state index contributed by atoms with van der Waals surface area (Å²) in [6.45, 7) is 0. The molecule has 122 valence electrons. The van der Waals surface area contributed by atoms with Crippen LogP contribution in [0.4, 0.5) is 0 Å². The number of nitrogens with zero attached hydrogens (tertiary/aromatic N) is 2. The quantitative estimate of drug-likeness (QED) is 0.901. The Labute approximate surface area is 134 Å². The molecular formula is C16H18N2O4S. The van der Waals surface area contributed by atoms with Crippen LogP contribution in [0.15, 0.2) is 30.3 Å². The van der Waals surface area contributed by atoms with Gasteiger partial charge in [0.05, 0.1) is 11.4 Å². The van der Waals surface area contributed by atoms with Gasteiger partial charge in [-0.3, -0.25) is 4.68 Å². The molecule has 3 rings (SSSR count). The molecule has 1 N–H and O–H groups in total. The van der Waals surface area contributed by atoms with Gasteiger partial charge in [0.1, 0.15) is 9.84 Å². The molecule has 1 saturated carbocycles. The fraction of sp³-hybridized carbons (Fsp3) is 0.375. The Hall–Kier alpha value is -2.15. The van der Waals surface area contributed by atoms with Crippen LogP contribution < -0.4 is 0 Å². The average Bonchev–Trinajstić information content (AvgIpc) is 3.10. The summed E-state index contributed by atoms with van der Waals surface area (Å²) >= 11 is 0. The molecule has 1 aromatic carbocycles. The molecule has 0 unspecified atom stereocenters. The first-order valence-corrected chi connectivity index (χ1v) is 9.32. The summed E-state index contributed by atoms with van der Waals surface area (Å²) < 4.78 is 24.7. The molecule has 23 heavy (non-hydrogen) atoms. The lowest BCUT2D eigenvalue weighted by Crippen LogP contribution is -2.19. The second kappa shape index (κ2) is 5.19. The van der Waals surface area contributed by atoms with E-state index >= 15 is 0 Å². The Bertz CT molecular complexity index is 862. The van der Waals surface area contributed by atoms with Gasteiger partial charge in [0.2, 0.25) is 0 Å². The second-order valence-corrected chi connectivity index (χ2v) is 8.41. The van der Waals surface area contributed by atoms with E-state index in [-0.39, 0.29) is 16.9 Å². The maximum atomic E-state index is 11.6. The summed E-state index contributed by atoms with van der Waals surface area (Å²) in [5.41, 5.74) is 2.34. The smallest absolute Gasteiger partial charge is 0.356 e. The molecule has 1 heterocycles. The average molecular weight is 334 g/mol. The van der Waals surface area contributed by atoms with Crippen LogP contribution in [0.1, 0.15) is 28.9 Å². The number of rotatable bonds is 5. The van der Waals surface area contributed by atoms with Crippen molar-refractivity contribution < 1.29 is 18.3 Å². The molecule has 0 bridgehead atoms. The van der Waals surface area contributed by atoms with Crippen LogP contribution in [-0.2, 0) is 22.3 Å². The van der Waals surface area contributed by atoms with Crippen LogP contribution in [0, 0.1) is 0 Å². The van der Waals surface area contributed by atoms with E-state index in [1.807, 2.05) is 24.3 Å². The lowest BCUT2D eigenvalue weighted by atomic mass is 9.96. The van der Waals surface area contributed by atoms with E-state index < -0.39 is 15.8 Å². The van der Waals surface area contributed by atoms with E-state index in [0.717, 1.165) is 24.0 Å². The highest BCUT2D eigenvalue weighted by atomic mass is 32.2. The molecular weight excluding hydrogens is 316 g/mol. The van der Waals surface area contributed by atoms with Crippen molar-refractivity contribution in [2.24, 2.45) is 7.05 Å². The summed E-state index contributed by atoms with van der Waals surface area (Å²) in [5.74, 6) is -0.887. The van der Waals surface area contributed by atoms with Crippen molar-refractivity contribution in [3.8, 4) is 11.3 Å². The fourth-order valence-electron chi connectivity index (χ4n) is 3.01. The number of aromatic nitrogens is 2. The van der Waals surface area contributed by atoms with Gasteiger partial charge in [-0.1, -0.05) is 24.3 Å². The van der Waals surface area contributed by atoms with Crippen molar-refractivity contribution in [1.29, 1.82) is 0 Å². The molecule has 1 aromatic heterocycles. The number of benzene rings is 1. The molecule has 0 amide bonds. The molecule has 1 fully saturated rings. The Morgan fingerprint density at radius 1 is 1.30 bits per heavy atom. The molecule has 1 aliphatic carbocycles. The van der Waals surface area contributed by atoms with Crippen LogP contribution in [0.5, 0.6) is 0 Å². The molecule has 6 nitrogen and oxygen atoms in total. The summed E-state index contributed by atoms with van der Waals surface area (Å²) in [5, 5.41) is 13.0. The minimum absolute atomic E-state index is 0.00214. The third kappa shape index (κ3) is 3.14. The number of aromatic carboxylic acids is 1. The number of sulfone groups is 1. The monoisotopic (exact) mass is 334 g/mol. The van der Waals surface area contributed by atoms with E-state index in [9.17, 15) is 13.2 Å². The lowest BCUT2D eigenvalue weighted by Gasteiger charge is -2.15. The van der Waals surface area contributed by atoms with E-state index in [2.05, 4.69) is 5.10 Å². The van der Waals surface area contributed by atoms with Crippen LogP contribution in [0.25, 0.3) is 11.3 Å². The number of aryl methyl sites for hydroxylation is 1. The van der Waals surface area contributed by atoms with Gasteiger partial charge < -0.3 is 5.11 Å². The van der Waals surface area contributed by atoms with Crippen molar-refractivity contribution in [2.75, 3.05) is 12.0 Å². The van der Waals surface area contributed by atoms with Crippen molar-refractivity contribution in [1.82, 2.24) is 9.78 Å². The third-order valence-electron chi connectivity index (χ3n) is 4.28. The highest BCUT2D eigenvalue weighted by Crippen LogP contribution is 2.49. The number of carboxylic acids is 1. The van der Waals surface area contributed by atoms with Gasteiger partial charge in [-0.15, -0.1) is 0 Å². The molecule has 2 aromatic rings. The summed E-state index contributed by atoms with van der Waals surface area (Å²) in [6, 6.07) is 9.17. The van der Waals surface area contributed by atoms with Crippen LogP contribution >= 0.6 is 0 Å². The van der Waals surface area contributed by atoms with Gasteiger partial charge in [0, 0.05) is 18.7 Å². The van der Waals surface area contributed by atoms with Gasteiger partial charge in [-0.2, -0.15) is 5.10 Å². The van der Waals surface area contributed by atoms with Gasteiger partial charge in [0.15, 0.2) is 5.69 Å². The first kappa shape index (κ1) is 15.7. The zero-order valence-corrected chi connectivity index (χ0v) is 13.8. The number of carbonyl (C=O) groups is 1. The van der Waals surface area contributed by atoms with Gasteiger partial charge in [-0.05, 0) is 30.0 Å². The minimum Gasteiger partial charge on any atom is -0.476 e. The number of hydrogen-bond acceptors (Lipinski definition) is 4. The highest BCUT2D eigenvalue weighted by molar-refractivity contribution is 7.90. The van der Waals surface area contributed by atoms with Crippen LogP contribution in [0.3, 0.4) is 0 Å². The third-order valence-corrected chi connectivity index (χ3v) is 5.36. The van der Waals surface area contributed by atoms with Crippen LogP contribution in [-0.4, -0.2) is 41.3 Å². The Morgan fingerprint density at radius 3 is 2.35 bits per heavy atom. The Kier molecular flexibility index (Phi) is 3.55. The maximum Gasteiger partial charge on any atom is 0.356 e. The molecule has 0 spiro atoms. The maximum absolute atomic E-state index is 11.6. The number of hydrogen-bond donors (Lipinski definition) is 1. The predicted molar refractivity (Wildman–Crippen MR) is 86.2 cm³/mol. The second-order valence-electron chi connectivity index (χ2n) is 6.27. The Balaban J connectivity index is 1.90. The molecule has 0 aliphatic heterocycles. The highest BCUT2D eigenvalue weighted by Gasteiger charge is 2.46.